The lowest BCUT2D eigenvalue weighted by Crippen LogP contribution is -2.50. The highest BCUT2D eigenvalue weighted by Crippen LogP contribution is 2.25. The summed E-state index contributed by atoms with van der Waals surface area (Å²) in [6, 6.07) is 11.0. The quantitative estimate of drug-likeness (QED) is 0.576. The number of sulfonamides is 1. The molecule has 0 N–H and O–H groups in total. The van der Waals surface area contributed by atoms with Crippen LogP contribution in [0.5, 0.6) is 0 Å². The molecule has 9 heteroatoms. The zero-order valence-corrected chi connectivity index (χ0v) is 16.5. The number of nitro groups is 1. The molecule has 0 unspecified atom stereocenters. The summed E-state index contributed by atoms with van der Waals surface area (Å²) in [6.07, 6.45) is 0. The Kier molecular flexibility index (Phi) is 5.48. The lowest BCUT2D eigenvalue weighted by Gasteiger charge is -2.34. The molecule has 0 bridgehead atoms. The molecular formula is C19H21N3O5S. The standard InChI is InChI=1S/C19H21N3O5S/c1-14-3-6-16(7-4-14)19(23)20-9-11-21(12-10-20)28(26,27)18-13-17(22(24)25)8-5-15(18)2/h3-8,13H,9-12H2,1-2H3. The van der Waals surface area contributed by atoms with Gasteiger partial charge in [0.25, 0.3) is 11.6 Å². The van der Waals surface area contributed by atoms with Crippen LogP contribution in [0.2, 0.25) is 0 Å². The largest absolute Gasteiger partial charge is 0.336 e. The van der Waals surface area contributed by atoms with Crippen molar-refractivity contribution >= 4 is 21.6 Å². The Balaban J connectivity index is 1.75. The second-order valence-corrected chi connectivity index (χ2v) is 8.68. The topological polar surface area (TPSA) is 101 Å². The molecule has 0 radical (unpaired) electrons. The van der Waals surface area contributed by atoms with Crippen LogP contribution >= 0.6 is 0 Å². The Morgan fingerprint density at radius 3 is 2.18 bits per heavy atom. The number of non-ortho nitro benzene ring substituents is 1. The summed E-state index contributed by atoms with van der Waals surface area (Å²) >= 11 is 0. The van der Waals surface area contributed by atoms with Gasteiger partial charge in [-0.15, -0.1) is 0 Å². The fourth-order valence-corrected chi connectivity index (χ4v) is 4.80. The number of aryl methyl sites for hydroxylation is 2. The summed E-state index contributed by atoms with van der Waals surface area (Å²) in [6.45, 7) is 4.35. The molecule has 1 saturated heterocycles. The van der Waals surface area contributed by atoms with Crippen LogP contribution < -0.4 is 0 Å². The third kappa shape index (κ3) is 3.90. The van der Waals surface area contributed by atoms with E-state index < -0.39 is 14.9 Å². The number of nitro benzene ring substituents is 1. The minimum Gasteiger partial charge on any atom is -0.336 e. The molecule has 0 saturated carbocycles. The predicted octanol–water partition coefficient (Wildman–Crippen LogP) is 2.36. The van der Waals surface area contributed by atoms with Crippen molar-refractivity contribution in [3.8, 4) is 0 Å². The number of benzene rings is 2. The molecule has 28 heavy (non-hydrogen) atoms. The van der Waals surface area contributed by atoms with E-state index in [0.717, 1.165) is 11.6 Å². The molecule has 1 aliphatic rings. The Hall–Kier alpha value is -2.78. The van der Waals surface area contributed by atoms with Gasteiger partial charge >= 0.3 is 0 Å². The molecule has 2 aromatic carbocycles. The van der Waals surface area contributed by atoms with Crippen LogP contribution in [0.25, 0.3) is 0 Å². The van der Waals surface area contributed by atoms with E-state index >= 15 is 0 Å². The molecule has 2 aromatic rings. The number of rotatable bonds is 4. The van der Waals surface area contributed by atoms with Crippen molar-refractivity contribution in [2.45, 2.75) is 18.7 Å². The van der Waals surface area contributed by atoms with Gasteiger partial charge in [-0.3, -0.25) is 14.9 Å². The van der Waals surface area contributed by atoms with Crippen LogP contribution in [0.4, 0.5) is 5.69 Å². The van der Waals surface area contributed by atoms with Crippen molar-refractivity contribution in [1.82, 2.24) is 9.21 Å². The number of amides is 1. The molecular weight excluding hydrogens is 382 g/mol. The first-order valence-corrected chi connectivity index (χ1v) is 10.3. The van der Waals surface area contributed by atoms with Gasteiger partial charge in [-0.05, 0) is 31.5 Å². The summed E-state index contributed by atoms with van der Waals surface area (Å²) in [5.74, 6) is -0.136. The number of piperazine rings is 1. The first-order valence-electron chi connectivity index (χ1n) is 8.81. The second kappa shape index (κ2) is 7.69. The molecule has 1 fully saturated rings. The number of hydrogen-bond acceptors (Lipinski definition) is 5. The molecule has 0 aliphatic carbocycles. The van der Waals surface area contributed by atoms with Gasteiger partial charge in [0.1, 0.15) is 0 Å². The Morgan fingerprint density at radius 2 is 1.61 bits per heavy atom. The number of carbonyl (C=O) groups is 1. The van der Waals surface area contributed by atoms with Crippen molar-refractivity contribution in [2.24, 2.45) is 0 Å². The van der Waals surface area contributed by atoms with Crippen molar-refractivity contribution in [1.29, 1.82) is 0 Å². The highest BCUT2D eigenvalue weighted by Gasteiger charge is 2.32. The molecule has 1 amide bonds. The molecule has 8 nitrogen and oxygen atoms in total. The molecule has 148 valence electrons. The van der Waals surface area contributed by atoms with E-state index in [1.54, 1.807) is 24.0 Å². The van der Waals surface area contributed by atoms with E-state index in [-0.39, 0.29) is 42.7 Å². The van der Waals surface area contributed by atoms with Gasteiger partial charge in [-0.1, -0.05) is 23.8 Å². The smallest absolute Gasteiger partial charge is 0.270 e. The van der Waals surface area contributed by atoms with Crippen molar-refractivity contribution < 1.29 is 18.1 Å². The minimum atomic E-state index is -3.88. The molecule has 0 aromatic heterocycles. The Bertz CT molecular complexity index is 1010. The first-order chi connectivity index (χ1) is 13.2. The van der Waals surface area contributed by atoms with E-state index in [2.05, 4.69) is 0 Å². The maximum Gasteiger partial charge on any atom is 0.270 e. The average Bonchev–Trinajstić information content (AvgIpc) is 2.68. The van der Waals surface area contributed by atoms with Crippen LogP contribution in [0.15, 0.2) is 47.4 Å². The minimum absolute atomic E-state index is 0.0694. The van der Waals surface area contributed by atoms with E-state index in [9.17, 15) is 23.3 Å². The van der Waals surface area contributed by atoms with Gasteiger partial charge in [0, 0.05) is 43.9 Å². The van der Waals surface area contributed by atoms with Crippen LogP contribution in [0.1, 0.15) is 21.5 Å². The summed E-state index contributed by atoms with van der Waals surface area (Å²) in [4.78, 5) is 24.5. The zero-order chi connectivity index (χ0) is 20.5. The van der Waals surface area contributed by atoms with Crippen molar-refractivity contribution in [3.05, 3.63) is 69.3 Å². The van der Waals surface area contributed by atoms with Crippen LogP contribution in [-0.4, -0.2) is 54.6 Å². The Labute approximate surface area is 163 Å². The molecule has 1 aliphatic heterocycles. The summed E-state index contributed by atoms with van der Waals surface area (Å²) < 4.78 is 27.2. The zero-order valence-electron chi connectivity index (χ0n) is 15.7. The SMILES string of the molecule is Cc1ccc(C(=O)N2CCN(S(=O)(=O)c3cc([N+](=O)[O-])ccc3C)CC2)cc1. The van der Waals surface area contributed by atoms with Gasteiger partial charge in [0.05, 0.1) is 9.82 Å². The first kappa shape index (κ1) is 20.0. The van der Waals surface area contributed by atoms with E-state index in [4.69, 9.17) is 0 Å². The number of hydrogen-bond donors (Lipinski definition) is 0. The third-order valence-electron chi connectivity index (χ3n) is 4.82. The lowest BCUT2D eigenvalue weighted by atomic mass is 10.1. The van der Waals surface area contributed by atoms with E-state index in [0.29, 0.717) is 11.1 Å². The predicted molar refractivity (Wildman–Crippen MR) is 104 cm³/mol. The number of nitrogens with zero attached hydrogens (tertiary/aromatic N) is 3. The maximum atomic E-state index is 13.0. The molecule has 3 rings (SSSR count). The van der Waals surface area contributed by atoms with Crippen LogP contribution in [-0.2, 0) is 10.0 Å². The van der Waals surface area contributed by atoms with Crippen LogP contribution in [0.3, 0.4) is 0 Å². The highest BCUT2D eigenvalue weighted by atomic mass is 32.2. The summed E-state index contributed by atoms with van der Waals surface area (Å²) in [5, 5.41) is 11.0. The lowest BCUT2D eigenvalue weighted by molar-refractivity contribution is -0.385. The van der Waals surface area contributed by atoms with Crippen molar-refractivity contribution in [2.75, 3.05) is 26.2 Å². The maximum absolute atomic E-state index is 13.0. The van der Waals surface area contributed by atoms with E-state index in [1.165, 1.54) is 16.4 Å². The average molecular weight is 403 g/mol. The molecule has 1 heterocycles. The highest BCUT2D eigenvalue weighted by molar-refractivity contribution is 7.89. The molecule has 0 spiro atoms. The summed E-state index contributed by atoms with van der Waals surface area (Å²) in [5.41, 5.74) is 1.80. The second-order valence-electron chi connectivity index (χ2n) is 6.77. The normalized spacial score (nSPS) is 15.4. The van der Waals surface area contributed by atoms with E-state index in [1.807, 2.05) is 19.1 Å². The van der Waals surface area contributed by atoms with Gasteiger partial charge in [-0.2, -0.15) is 4.31 Å². The van der Waals surface area contributed by atoms with Gasteiger partial charge in [0.2, 0.25) is 10.0 Å². The van der Waals surface area contributed by atoms with Crippen LogP contribution in [0, 0.1) is 24.0 Å². The fraction of sp³-hybridized carbons (Fsp3) is 0.316. The molecule has 0 atom stereocenters. The van der Waals surface area contributed by atoms with Gasteiger partial charge in [0.15, 0.2) is 0 Å². The monoisotopic (exact) mass is 403 g/mol. The summed E-state index contributed by atoms with van der Waals surface area (Å²) in [7, 11) is -3.88. The fourth-order valence-electron chi connectivity index (χ4n) is 3.13. The van der Waals surface area contributed by atoms with Gasteiger partial charge in [-0.25, -0.2) is 8.42 Å². The van der Waals surface area contributed by atoms with Gasteiger partial charge < -0.3 is 4.90 Å². The third-order valence-corrected chi connectivity index (χ3v) is 6.87. The van der Waals surface area contributed by atoms with Crippen molar-refractivity contribution in [3.63, 3.8) is 0 Å². The number of carbonyl (C=O) groups excluding carboxylic acids is 1. The Morgan fingerprint density at radius 1 is 1.00 bits per heavy atom.